The predicted octanol–water partition coefficient (Wildman–Crippen LogP) is 5.09. The van der Waals surface area contributed by atoms with Gasteiger partial charge in [0.1, 0.15) is 4.90 Å². The van der Waals surface area contributed by atoms with Crippen molar-refractivity contribution in [1.82, 2.24) is 20.3 Å². The molecule has 12 heteroatoms. The number of sulfonamides is 1. The van der Waals surface area contributed by atoms with Crippen LogP contribution in [0.1, 0.15) is 33.1 Å². The van der Waals surface area contributed by atoms with Crippen molar-refractivity contribution in [3.05, 3.63) is 58.6 Å². The Bertz CT molecular complexity index is 1130. The number of urea groups is 1. The molecule has 0 saturated heterocycles. The van der Waals surface area contributed by atoms with Gasteiger partial charge in [0.25, 0.3) is 0 Å². The zero-order chi connectivity index (χ0) is 27.4. The number of unbranched alkanes of at least 4 members (excludes halogenated alkanes) is 1. The van der Waals surface area contributed by atoms with Gasteiger partial charge in [0.15, 0.2) is 5.11 Å². The highest BCUT2D eigenvalue weighted by Gasteiger charge is 2.20. The Morgan fingerprint density at radius 2 is 1.78 bits per heavy atom. The third-order valence-electron chi connectivity index (χ3n) is 5.39. The van der Waals surface area contributed by atoms with E-state index in [-0.39, 0.29) is 28.5 Å². The molecular formula is C25H35Cl2N5O3S2. The number of thiocarbonyl (C=S) groups is 1. The summed E-state index contributed by atoms with van der Waals surface area (Å²) >= 11 is 17.4. The molecule has 0 aliphatic rings. The van der Waals surface area contributed by atoms with Crippen LogP contribution in [-0.2, 0) is 10.0 Å². The minimum absolute atomic E-state index is 0.00654. The monoisotopic (exact) mass is 587 g/mol. The molecule has 0 aliphatic heterocycles. The van der Waals surface area contributed by atoms with Crippen molar-refractivity contribution in [3.8, 4) is 0 Å². The molecule has 0 unspecified atom stereocenters. The molecule has 0 radical (unpaired) electrons. The minimum Gasteiger partial charge on any atom is -0.366 e. The Labute approximate surface area is 235 Å². The Hall–Kier alpha value is -2.11. The Morgan fingerprint density at radius 3 is 2.41 bits per heavy atom. The SMILES string of the molecule is CNC(=S)N(CCCCNS(=O)(=O)c1ccc(Cl)cc1Cl)C[C@@H](CC(C)C)NC(=O)Nc1ccccc1. The fourth-order valence-corrected chi connectivity index (χ4v) is 5.74. The van der Waals surface area contributed by atoms with Crippen molar-refractivity contribution >= 4 is 62.3 Å². The summed E-state index contributed by atoms with van der Waals surface area (Å²) in [6, 6.07) is 13.1. The van der Waals surface area contributed by atoms with Gasteiger partial charge in [0.05, 0.1) is 5.02 Å². The van der Waals surface area contributed by atoms with Crippen LogP contribution in [0.5, 0.6) is 0 Å². The fraction of sp³-hybridized carbons (Fsp3) is 0.440. The van der Waals surface area contributed by atoms with E-state index in [0.717, 1.165) is 6.42 Å². The first-order valence-corrected chi connectivity index (χ1v) is 14.7. The Morgan fingerprint density at radius 1 is 1.08 bits per heavy atom. The van der Waals surface area contributed by atoms with Crippen molar-refractivity contribution in [1.29, 1.82) is 0 Å². The van der Waals surface area contributed by atoms with Crippen LogP contribution in [0.4, 0.5) is 10.5 Å². The summed E-state index contributed by atoms with van der Waals surface area (Å²) < 4.78 is 27.7. The van der Waals surface area contributed by atoms with Gasteiger partial charge >= 0.3 is 6.03 Å². The summed E-state index contributed by atoms with van der Waals surface area (Å²) in [6.07, 6.45) is 2.04. The summed E-state index contributed by atoms with van der Waals surface area (Å²) in [4.78, 5) is 14.6. The third kappa shape index (κ3) is 11.0. The number of hydrogen-bond donors (Lipinski definition) is 4. The number of rotatable bonds is 13. The molecule has 4 N–H and O–H groups in total. The first-order valence-electron chi connectivity index (χ1n) is 12.1. The standard InChI is InChI=1S/C25H35Cl2N5O3S2/c1-18(2)15-21(31-24(33)30-20-9-5-4-6-10-20)17-32(25(36)28-3)14-8-7-13-29-37(34,35)23-12-11-19(26)16-22(23)27/h4-6,9-12,16,18,21,29H,7-8,13-15,17H2,1-3H3,(H,28,36)(H2,30,31,33)/t21-/m1/s1. The van der Waals surface area contributed by atoms with Gasteiger partial charge in [-0.05, 0) is 67.7 Å². The molecule has 0 spiro atoms. The summed E-state index contributed by atoms with van der Waals surface area (Å²) in [5.74, 6) is 0.362. The van der Waals surface area contributed by atoms with Crippen LogP contribution in [0.15, 0.2) is 53.4 Å². The van der Waals surface area contributed by atoms with Gasteiger partial charge in [-0.2, -0.15) is 0 Å². The maximum absolute atomic E-state index is 12.6. The van der Waals surface area contributed by atoms with Gasteiger partial charge in [0, 0.05) is 43.4 Å². The highest BCUT2D eigenvalue weighted by molar-refractivity contribution is 7.89. The quantitative estimate of drug-likeness (QED) is 0.192. The molecule has 1 atom stereocenters. The van der Waals surface area contributed by atoms with Gasteiger partial charge in [-0.15, -0.1) is 0 Å². The number of carbonyl (C=O) groups excluding carboxylic acids is 1. The lowest BCUT2D eigenvalue weighted by Gasteiger charge is -2.31. The van der Waals surface area contributed by atoms with Crippen LogP contribution in [0.2, 0.25) is 10.0 Å². The van der Waals surface area contributed by atoms with E-state index in [2.05, 4.69) is 34.5 Å². The number of hydrogen-bond acceptors (Lipinski definition) is 4. The summed E-state index contributed by atoms with van der Waals surface area (Å²) in [6.45, 7) is 5.56. The van der Waals surface area contributed by atoms with E-state index < -0.39 is 10.0 Å². The number of amides is 2. The van der Waals surface area contributed by atoms with Crippen molar-refractivity contribution < 1.29 is 13.2 Å². The number of benzene rings is 2. The van der Waals surface area contributed by atoms with Crippen LogP contribution in [0.3, 0.4) is 0 Å². The molecular weight excluding hydrogens is 553 g/mol. The fourth-order valence-electron chi connectivity index (χ4n) is 3.73. The molecule has 0 fully saturated rings. The molecule has 0 saturated carbocycles. The van der Waals surface area contributed by atoms with Gasteiger partial charge in [0.2, 0.25) is 10.0 Å². The smallest absolute Gasteiger partial charge is 0.319 e. The second-order valence-corrected chi connectivity index (χ2v) is 11.9. The number of carbonyl (C=O) groups is 1. The first kappa shape index (κ1) is 31.1. The largest absolute Gasteiger partial charge is 0.366 e. The highest BCUT2D eigenvalue weighted by atomic mass is 35.5. The van der Waals surface area contributed by atoms with Crippen LogP contribution in [0, 0.1) is 5.92 Å². The van der Waals surface area contributed by atoms with Gasteiger partial charge in [-0.1, -0.05) is 55.2 Å². The number of anilines is 1. The lowest BCUT2D eigenvalue weighted by molar-refractivity contribution is 0.240. The molecule has 2 aromatic carbocycles. The summed E-state index contributed by atoms with van der Waals surface area (Å²) in [5.41, 5.74) is 0.716. The zero-order valence-corrected chi connectivity index (χ0v) is 24.4. The van der Waals surface area contributed by atoms with Gasteiger partial charge in [-0.3, -0.25) is 0 Å². The van der Waals surface area contributed by atoms with E-state index in [1.165, 1.54) is 18.2 Å². The summed E-state index contributed by atoms with van der Waals surface area (Å²) in [7, 11) is -1.99. The topological polar surface area (TPSA) is 103 Å². The third-order valence-corrected chi connectivity index (χ3v) is 8.04. The molecule has 37 heavy (non-hydrogen) atoms. The lowest BCUT2D eigenvalue weighted by Crippen LogP contribution is -2.49. The average Bonchev–Trinajstić information content (AvgIpc) is 2.82. The summed E-state index contributed by atoms with van der Waals surface area (Å²) in [5, 5.41) is 9.93. The van der Waals surface area contributed by atoms with E-state index in [1.54, 1.807) is 7.05 Å². The molecule has 0 aliphatic carbocycles. The first-order chi connectivity index (χ1) is 17.5. The van der Waals surface area contributed by atoms with Crippen molar-refractivity contribution in [2.75, 3.05) is 32.0 Å². The second-order valence-electron chi connectivity index (χ2n) is 8.97. The number of nitrogens with one attached hydrogen (secondary N) is 4. The Balaban J connectivity index is 1.92. The van der Waals surface area contributed by atoms with E-state index in [1.807, 2.05) is 35.2 Å². The molecule has 2 aromatic rings. The number of para-hydroxylation sites is 1. The molecule has 0 bridgehead atoms. The molecule has 2 amide bonds. The minimum atomic E-state index is -3.75. The van der Waals surface area contributed by atoms with Gasteiger partial charge < -0.3 is 20.9 Å². The lowest BCUT2D eigenvalue weighted by atomic mass is 10.0. The maximum Gasteiger partial charge on any atom is 0.319 e. The molecule has 2 rings (SSSR count). The highest BCUT2D eigenvalue weighted by Crippen LogP contribution is 2.24. The second kappa shape index (κ2) is 15.3. The van der Waals surface area contributed by atoms with Gasteiger partial charge in [-0.25, -0.2) is 17.9 Å². The van der Waals surface area contributed by atoms with Crippen molar-refractivity contribution in [2.24, 2.45) is 5.92 Å². The zero-order valence-electron chi connectivity index (χ0n) is 21.3. The van der Waals surface area contributed by atoms with E-state index in [0.29, 0.717) is 47.7 Å². The van der Waals surface area contributed by atoms with Crippen LogP contribution >= 0.6 is 35.4 Å². The average molecular weight is 589 g/mol. The molecule has 204 valence electrons. The number of nitrogens with zero attached hydrogens (tertiary/aromatic N) is 1. The van der Waals surface area contributed by atoms with Crippen LogP contribution in [-0.4, -0.2) is 57.2 Å². The van der Waals surface area contributed by atoms with E-state index in [4.69, 9.17) is 35.4 Å². The van der Waals surface area contributed by atoms with Crippen molar-refractivity contribution in [3.63, 3.8) is 0 Å². The number of halogens is 2. The predicted molar refractivity (Wildman–Crippen MR) is 156 cm³/mol. The van der Waals surface area contributed by atoms with Crippen LogP contribution in [0.25, 0.3) is 0 Å². The molecule has 0 heterocycles. The van der Waals surface area contributed by atoms with E-state index in [9.17, 15) is 13.2 Å². The molecule has 0 aromatic heterocycles. The van der Waals surface area contributed by atoms with Crippen molar-refractivity contribution in [2.45, 2.75) is 44.0 Å². The van der Waals surface area contributed by atoms with E-state index >= 15 is 0 Å². The maximum atomic E-state index is 12.6. The van der Waals surface area contributed by atoms with Crippen LogP contribution < -0.4 is 20.7 Å². The normalized spacial score (nSPS) is 12.2. The molecule has 8 nitrogen and oxygen atoms in total. The Kier molecular flexibility index (Phi) is 12.9.